The second kappa shape index (κ2) is 8.94. The summed E-state index contributed by atoms with van der Waals surface area (Å²) in [6.07, 6.45) is 3.41. The summed E-state index contributed by atoms with van der Waals surface area (Å²) in [6, 6.07) is 8.89. The van der Waals surface area contributed by atoms with Crippen LogP contribution in [0, 0.1) is 11.3 Å². The first-order valence-electron chi connectivity index (χ1n) is 9.85. The van der Waals surface area contributed by atoms with Crippen molar-refractivity contribution in [2.24, 2.45) is 0 Å². The topological polar surface area (TPSA) is 72.2 Å². The van der Waals surface area contributed by atoms with Gasteiger partial charge in [-0.25, -0.2) is 4.98 Å². The average molecular weight is 413 g/mol. The maximum absolute atomic E-state index is 12.5. The highest BCUT2D eigenvalue weighted by atomic mass is 35.5. The van der Waals surface area contributed by atoms with Crippen LogP contribution in [0.2, 0.25) is 5.02 Å². The lowest BCUT2D eigenvalue weighted by atomic mass is 9.87. The molecule has 0 saturated heterocycles. The SMILES string of the molecule is CCCCc1nc(OCC(=O)c2ccc(Cl)cc2)c(C#N)c2c1COC(C)(C)C2. The van der Waals surface area contributed by atoms with Crippen molar-refractivity contribution in [3.05, 3.63) is 57.2 Å². The van der Waals surface area contributed by atoms with Gasteiger partial charge in [0.2, 0.25) is 5.88 Å². The number of carbonyl (C=O) groups is 1. The quantitative estimate of drug-likeness (QED) is 0.594. The van der Waals surface area contributed by atoms with Crippen LogP contribution in [-0.4, -0.2) is 23.0 Å². The van der Waals surface area contributed by atoms with Gasteiger partial charge in [-0.3, -0.25) is 4.79 Å². The molecule has 0 amide bonds. The molecule has 0 radical (unpaired) electrons. The molecular weight excluding hydrogens is 388 g/mol. The van der Waals surface area contributed by atoms with E-state index < -0.39 is 0 Å². The van der Waals surface area contributed by atoms with Crippen LogP contribution >= 0.6 is 11.6 Å². The molecule has 0 aliphatic carbocycles. The molecule has 0 atom stereocenters. The number of nitriles is 1. The molecule has 5 nitrogen and oxygen atoms in total. The second-order valence-electron chi connectivity index (χ2n) is 7.86. The minimum absolute atomic E-state index is 0.185. The molecule has 0 saturated carbocycles. The summed E-state index contributed by atoms with van der Waals surface area (Å²) in [5, 5.41) is 10.4. The van der Waals surface area contributed by atoms with Crippen LogP contribution in [0.5, 0.6) is 5.88 Å². The molecule has 29 heavy (non-hydrogen) atoms. The molecule has 2 heterocycles. The van der Waals surface area contributed by atoms with Gasteiger partial charge < -0.3 is 9.47 Å². The van der Waals surface area contributed by atoms with Crippen LogP contribution in [0.1, 0.15) is 66.4 Å². The number of hydrogen-bond donors (Lipinski definition) is 0. The number of aryl methyl sites for hydroxylation is 1. The highest BCUT2D eigenvalue weighted by Gasteiger charge is 2.32. The number of unbranched alkanes of at least 4 members (excludes halogenated alkanes) is 1. The van der Waals surface area contributed by atoms with Gasteiger partial charge >= 0.3 is 0 Å². The van der Waals surface area contributed by atoms with Crippen molar-refractivity contribution in [1.82, 2.24) is 4.98 Å². The molecule has 0 N–H and O–H groups in total. The van der Waals surface area contributed by atoms with E-state index in [0.717, 1.165) is 36.1 Å². The van der Waals surface area contributed by atoms with Crippen molar-refractivity contribution in [2.75, 3.05) is 6.61 Å². The van der Waals surface area contributed by atoms with Crippen molar-refractivity contribution in [2.45, 2.75) is 58.7 Å². The molecular formula is C23H25ClN2O3. The Labute approximate surface area is 176 Å². The largest absolute Gasteiger partial charge is 0.468 e. The molecule has 0 bridgehead atoms. The Hall–Kier alpha value is -2.42. The van der Waals surface area contributed by atoms with Gasteiger partial charge in [0.15, 0.2) is 12.4 Å². The Morgan fingerprint density at radius 2 is 2.03 bits per heavy atom. The predicted octanol–water partition coefficient (Wildman–Crippen LogP) is 5.06. The Morgan fingerprint density at radius 3 is 2.69 bits per heavy atom. The molecule has 6 heteroatoms. The third kappa shape index (κ3) is 4.95. The minimum Gasteiger partial charge on any atom is -0.468 e. The number of rotatable bonds is 7. The van der Waals surface area contributed by atoms with Crippen molar-refractivity contribution in [1.29, 1.82) is 5.26 Å². The van der Waals surface area contributed by atoms with Crippen LogP contribution in [0.4, 0.5) is 0 Å². The van der Waals surface area contributed by atoms with Crippen molar-refractivity contribution < 1.29 is 14.3 Å². The van der Waals surface area contributed by atoms with Crippen molar-refractivity contribution >= 4 is 17.4 Å². The summed E-state index contributed by atoms with van der Waals surface area (Å²) in [6.45, 7) is 6.39. The summed E-state index contributed by atoms with van der Waals surface area (Å²) >= 11 is 5.88. The van der Waals surface area contributed by atoms with Crippen molar-refractivity contribution in [3.8, 4) is 11.9 Å². The third-order valence-corrected chi connectivity index (χ3v) is 5.31. The monoisotopic (exact) mass is 412 g/mol. The molecule has 0 unspecified atom stereocenters. The lowest BCUT2D eigenvalue weighted by Gasteiger charge is -2.33. The van der Waals surface area contributed by atoms with Gasteiger partial charge in [0, 0.05) is 22.6 Å². The zero-order valence-corrected chi connectivity index (χ0v) is 17.8. The number of carbonyl (C=O) groups excluding carboxylic acids is 1. The smallest absolute Gasteiger partial charge is 0.232 e. The van der Waals surface area contributed by atoms with E-state index in [1.807, 2.05) is 13.8 Å². The number of fused-ring (bicyclic) bond motifs is 1. The first-order valence-corrected chi connectivity index (χ1v) is 10.2. The molecule has 1 aromatic carbocycles. The number of Topliss-reactive ketones (excluding diaryl/α,β-unsaturated/α-hetero) is 1. The Bertz CT molecular complexity index is 946. The van der Waals surface area contributed by atoms with Crippen LogP contribution in [0.3, 0.4) is 0 Å². The van der Waals surface area contributed by atoms with E-state index in [2.05, 4.69) is 18.0 Å². The van der Waals surface area contributed by atoms with E-state index in [1.165, 1.54) is 0 Å². The summed E-state index contributed by atoms with van der Waals surface area (Å²) < 4.78 is 11.7. The van der Waals surface area contributed by atoms with E-state index in [9.17, 15) is 10.1 Å². The maximum atomic E-state index is 12.5. The van der Waals surface area contributed by atoms with Gasteiger partial charge in [0.25, 0.3) is 0 Å². The zero-order valence-electron chi connectivity index (χ0n) is 17.0. The summed E-state index contributed by atoms with van der Waals surface area (Å²) in [5.74, 6) is 0.0428. The van der Waals surface area contributed by atoms with E-state index in [-0.39, 0.29) is 23.9 Å². The van der Waals surface area contributed by atoms with Gasteiger partial charge in [-0.05, 0) is 56.5 Å². The normalized spacial score (nSPS) is 14.7. The van der Waals surface area contributed by atoms with Gasteiger partial charge in [-0.1, -0.05) is 24.9 Å². The van der Waals surface area contributed by atoms with Gasteiger partial charge in [-0.2, -0.15) is 5.26 Å². The van der Waals surface area contributed by atoms with E-state index in [4.69, 9.17) is 21.1 Å². The highest BCUT2D eigenvalue weighted by molar-refractivity contribution is 6.30. The minimum atomic E-state index is -0.363. The molecule has 0 spiro atoms. The van der Waals surface area contributed by atoms with Gasteiger partial charge in [-0.15, -0.1) is 0 Å². The van der Waals surface area contributed by atoms with E-state index in [1.54, 1.807) is 24.3 Å². The maximum Gasteiger partial charge on any atom is 0.232 e. The van der Waals surface area contributed by atoms with Crippen LogP contribution in [-0.2, 0) is 24.2 Å². The third-order valence-electron chi connectivity index (χ3n) is 5.06. The van der Waals surface area contributed by atoms with E-state index in [0.29, 0.717) is 29.2 Å². The summed E-state index contributed by atoms with van der Waals surface area (Å²) in [7, 11) is 0. The number of aromatic nitrogens is 1. The number of pyridine rings is 1. The lowest BCUT2D eigenvalue weighted by Crippen LogP contribution is -2.33. The number of halogens is 1. The Kier molecular flexibility index (Phi) is 6.56. The lowest BCUT2D eigenvalue weighted by molar-refractivity contribution is -0.0408. The summed E-state index contributed by atoms with van der Waals surface area (Å²) in [4.78, 5) is 17.1. The number of ether oxygens (including phenoxy) is 2. The van der Waals surface area contributed by atoms with Crippen LogP contribution in [0.25, 0.3) is 0 Å². The Morgan fingerprint density at radius 1 is 1.31 bits per heavy atom. The molecule has 3 rings (SSSR count). The predicted molar refractivity (Wildman–Crippen MR) is 111 cm³/mol. The van der Waals surface area contributed by atoms with Crippen molar-refractivity contribution in [3.63, 3.8) is 0 Å². The molecule has 152 valence electrons. The fraction of sp³-hybridized carbons (Fsp3) is 0.435. The fourth-order valence-electron chi connectivity index (χ4n) is 3.43. The summed E-state index contributed by atoms with van der Waals surface area (Å²) in [5.41, 5.74) is 3.36. The first kappa shape index (κ1) is 21.3. The number of hydrogen-bond acceptors (Lipinski definition) is 5. The second-order valence-corrected chi connectivity index (χ2v) is 8.29. The van der Waals surface area contributed by atoms with E-state index >= 15 is 0 Å². The number of nitrogens with zero attached hydrogens (tertiary/aromatic N) is 2. The number of benzene rings is 1. The molecule has 1 aromatic heterocycles. The van der Waals surface area contributed by atoms with Crippen LogP contribution < -0.4 is 4.74 Å². The Balaban J connectivity index is 1.91. The average Bonchev–Trinajstić information content (AvgIpc) is 2.69. The number of ketones is 1. The first-order chi connectivity index (χ1) is 13.8. The molecule has 1 aliphatic heterocycles. The zero-order chi connectivity index (χ0) is 21.0. The molecule has 2 aromatic rings. The molecule has 1 aliphatic rings. The fourth-order valence-corrected chi connectivity index (χ4v) is 3.56. The van der Waals surface area contributed by atoms with Gasteiger partial charge in [0.05, 0.1) is 17.9 Å². The van der Waals surface area contributed by atoms with Crippen LogP contribution in [0.15, 0.2) is 24.3 Å². The van der Waals surface area contributed by atoms with Gasteiger partial charge in [0.1, 0.15) is 11.6 Å². The molecule has 0 fully saturated rings. The highest BCUT2D eigenvalue weighted by Crippen LogP contribution is 2.35. The standard InChI is InChI=1S/C23H25ClN2O3/c1-4-5-6-20-19-13-29-23(2,3)11-17(19)18(12-25)22(26-20)28-14-21(27)15-7-9-16(24)10-8-15/h7-10H,4-6,11,13-14H2,1-3H3.